The van der Waals surface area contributed by atoms with Gasteiger partial charge in [0.05, 0.1) is 0 Å². The van der Waals surface area contributed by atoms with Gasteiger partial charge in [-0.05, 0) is 37.0 Å². The Morgan fingerprint density at radius 2 is 1.93 bits per heavy atom. The van der Waals surface area contributed by atoms with Gasteiger partial charge in [-0.3, -0.25) is 0 Å². The Morgan fingerprint density at radius 3 is 2.36 bits per heavy atom. The number of aromatic hydroxyl groups is 1. The maximum Gasteiger partial charge on any atom is 0.339 e. The smallest absolute Gasteiger partial charge is 0.339 e. The van der Waals surface area contributed by atoms with E-state index in [1.165, 1.54) is 0 Å². The van der Waals surface area contributed by atoms with E-state index in [-0.39, 0.29) is 11.3 Å². The average Bonchev–Trinajstić information content (AvgIpc) is 2.02. The second kappa shape index (κ2) is 3.70. The summed E-state index contributed by atoms with van der Waals surface area (Å²) in [6.45, 7) is 5.45. The molecule has 0 aliphatic rings. The number of aryl methyl sites for hydroxylation is 2. The van der Waals surface area contributed by atoms with E-state index in [2.05, 4.69) is 0 Å². The van der Waals surface area contributed by atoms with Gasteiger partial charge in [0.25, 0.3) is 0 Å². The van der Waals surface area contributed by atoms with Gasteiger partial charge in [0.1, 0.15) is 11.3 Å². The predicted molar refractivity (Wildman–Crippen MR) is 53.9 cm³/mol. The first-order valence-electron chi connectivity index (χ1n) is 4.54. The van der Waals surface area contributed by atoms with Crippen LogP contribution in [0.2, 0.25) is 0 Å². The summed E-state index contributed by atoms with van der Waals surface area (Å²) < 4.78 is 0. The SMILES string of the molecule is CCc1c(C)cc(C)c(C(=O)O)c1O. The molecule has 0 aliphatic heterocycles. The molecule has 0 atom stereocenters. The van der Waals surface area contributed by atoms with Gasteiger partial charge in [-0.1, -0.05) is 13.0 Å². The molecule has 0 saturated carbocycles. The second-order valence-corrected chi connectivity index (χ2v) is 3.37. The Hall–Kier alpha value is -1.51. The van der Waals surface area contributed by atoms with E-state index < -0.39 is 5.97 Å². The van der Waals surface area contributed by atoms with E-state index in [4.69, 9.17) is 5.11 Å². The lowest BCUT2D eigenvalue weighted by Gasteiger charge is -2.11. The monoisotopic (exact) mass is 194 g/mol. The van der Waals surface area contributed by atoms with Crippen molar-refractivity contribution >= 4 is 5.97 Å². The zero-order valence-corrected chi connectivity index (χ0v) is 8.59. The summed E-state index contributed by atoms with van der Waals surface area (Å²) in [6, 6.07) is 1.79. The Morgan fingerprint density at radius 1 is 1.36 bits per heavy atom. The summed E-state index contributed by atoms with van der Waals surface area (Å²) in [5.41, 5.74) is 2.28. The largest absolute Gasteiger partial charge is 0.507 e. The fourth-order valence-corrected chi connectivity index (χ4v) is 1.72. The summed E-state index contributed by atoms with van der Waals surface area (Å²) in [5.74, 6) is -1.16. The molecule has 0 unspecified atom stereocenters. The molecule has 1 aromatic rings. The van der Waals surface area contributed by atoms with Crippen LogP contribution in [0.15, 0.2) is 6.07 Å². The van der Waals surface area contributed by atoms with Gasteiger partial charge < -0.3 is 10.2 Å². The number of carboxylic acids is 1. The third kappa shape index (κ3) is 1.58. The van der Waals surface area contributed by atoms with Gasteiger partial charge in [0.2, 0.25) is 0 Å². The van der Waals surface area contributed by atoms with Crippen LogP contribution in [0.4, 0.5) is 0 Å². The number of rotatable bonds is 2. The van der Waals surface area contributed by atoms with Crippen molar-refractivity contribution in [3.8, 4) is 5.75 Å². The molecule has 3 heteroatoms. The van der Waals surface area contributed by atoms with E-state index in [9.17, 15) is 9.90 Å². The average molecular weight is 194 g/mol. The van der Waals surface area contributed by atoms with Crippen molar-refractivity contribution in [1.82, 2.24) is 0 Å². The van der Waals surface area contributed by atoms with E-state index in [0.717, 1.165) is 5.56 Å². The lowest BCUT2D eigenvalue weighted by molar-refractivity contribution is 0.0692. The summed E-state index contributed by atoms with van der Waals surface area (Å²) in [6.07, 6.45) is 0.637. The second-order valence-electron chi connectivity index (χ2n) is 3.37. The normalized spacial score (nSPS) is 10.2. The van der Waals surface area contributed by atoms with Crippen molar-refractivity contribution in [2.45, 2.75) is 27.2 Å². The Bertz CT molecular complexity index is 381. The summed E-state index contributed by atoms with van der Waals surface area (Å²) >= 11 is 0. The number of hydrogen-bond acceptors (Lipinski definition) is 2. The molecule has 14 heavy (non-hydrogen) atoms. The number of hydrogen-bond donors (Lipinski definition) is 2. The Kier molecular flexibility index (Phi) is 2.79. The van der Waals surface area contributed by atoms with Gasteiger partial charge in [-0.25, -0.2) is 4.79 Å². The van der Waals surface area contributed by atoms with Crippen molar-refractivity contribution in [1.29, 1.82) is 0 Å². The lowest BCUT2D eigenvalue weighted by atomic mass is 9.97. The Balaban J connectivity index is 3.52. The van der Waals surface area contributed by atoms with Crippen LogP contribution in [-0.4, -0.2) is 16.2 Å². The quantitative estimate of drug-likeness (QED) is 0.759. The van der Waals surface area contributed by atoms with Crippen molar-refractivity contribution in [2.24, 2.45) is 0 Å². The zero-order chi connectivity index (χ0) is 10.9. The first kappa shape index (κ1) is 10.6. The van der Waals surface area contributed by atoms with Crippen LogP contribution in [-0.2, 0) is 6.42 Å². The molecular formula is C11H14O3. The highest BCUT2D eigenvalue weighted by molar-refractivity contribution is 5.93. The first-order chi connectivity index (χ1) is 6.49. The number of carbonyl (C=O) groups is 1. The van der Waals surface area contributed by atoms with E-state index >= 15 is 0 Å². The molecule has 0 bridgehead atoms. The minimum atomic E-state index is -1.07. The summed E-state index contributed by atoms with van der Waals surface area (Å²) in [4.78, 5) is 10.9. The topological polar surface area (TPSA) is 57.5 Å². The van der Waals surface area contributed by atoms with Gasteiger partial charge in [-0.15, -0.1) is 0 Å². The minimum Gasteiger partial charge on any atom is -0.507 e. The van der Waals surface area contributed by atoms with E-state index in [0.29, 0.717) is 17.5 Å². The highest BCUT2D eigenvalue weighted by Crippen LogP contribution is 2.29. The number of carboxylic acid groups (broad SMARTS) is 1. The fourth-order valence-electron chi connectivity index (χ4n) is 1.72. The minimum absolute atomic E-state index is 0.0208. The molecule has 3 nitrogen and oxygen atoms in total. The molecule has 0 fully saturated rings. The lowest BCUT2D eigenvalue weighted by Crippen LogP contribution is -2.03. The molecule has 0 aromatic heterocycles. The third-order valence-corrected chi connectivity index (χ3v) is 2.39. The number of aromatic carboxylic acids is 1. The first-order valence-corrected chi connectivity index (χ1v) is 4.54. The maximum atomic E-state index is 10.9. The molecule has 0 saturated heterocycles. The fraction of sp³-hybridized carbons (Fsp3) is 0.364. The van der Waals surface area contributed by atoms with Crippen LogP contribution < -0.4 is 0 Å². The van der Waals surface area contributed by atoms with Gasteiger partial charge in [0, 0.05) is 0 Å². The van der Waals surface area contributed by atoms with Crippen molar-refractivity contribution < 1.29 is 15.0 Å². The van der Waals surface area contributed by atoms with E-state index in [1.54, 1.807) is 13.0 Å². The molecule has 0 heterocycles. The van der Waals surface area contributed by atoms with Crippen molar-refractivity contribution in [2.75, 3.05) is 0 Å². The number of benzene rings is 1. The highest BCUT2D eigenvalue weighted by Gasteiger charge is 2.17. The molecule has 2 N–H and O–H groups in total. The van der Waals surface area contributed by atoms with Crippen LogP contribution in [0.25, 0.3) is 0 Å². The summed E-state index contributed by atoms with van der Waals surface area (Å²) in [5, 5.41) is 18.6. The molecular weight excluding hydrogens is 180 g/mol. The van der Waals surface area contributed by atoms with Crippen LogP contribution in [0.5, 0.6) is 5.75 Å². The molecule has 1 aromatic carbocycles. The molecule has 0 radical (unpaired) electrons. The van der Waals surface area contributed by atoms with Crippen LogP contribution in [0, 0.1) is 13.8 Å². The third-order valence-electron chi connectivity index (χ3n) is 2.39. The summed E-state index contributed by atoms with van der Waals surface area (Å²) in [7, 11) is 0. The van der Waals surface area contributed by atoms with Crippen LogP contribution in [0.1, 0.15) is 34.0 Å². The van der Waals surface area contributed by atoms with Crippen molar-refractivity contribution in [3.63, 3.8) is 0 Å². The molecule has 0 spiro atoms. The van der Waals surface area contributed by atoms with E-state index in [1.807, 2.05) is 13.8 Å². The highest BCUT2D eigenvalue weighted by atomic mass is 16.4. The molecule has 1 rings (SSSR count). The van der Waals surface area contributed by atoms with Crippen molar-refractivity contribution in [3.05, 3.63) is 28.3 Å². The molecule has 0 aliphatic carbocycles. The Labute approximate surface area is 83.0 Å². The van der Waals surface area contributed by atoms with Crippen LogP contribution in [0.3, 0.4) is 0 Å². The van der Waals surface area contributed by atoms with Crippen LogP contribution >= 0.6 is 0 Å². The number of phenols is 1. The molecule has 76 valence electrons. The van der Waals surface area contributed by atoms with Gasteiger partial charge in [0.15, 0.2) is 0 Å². The maximum absolute atomic E-state index is 10.9. The predicted octanol–water partition coefficient (Wildman–Crippen LogP) is 2.27. The van der Waals surface area contributed by atoms with Gasteiger partial charge in [-0.2, -0.15) is 0 Å². The van der Waals surface area contributed by atoms with Gasteiger partial charge >= 0.3 is 5.97 Å². The zero-order valence-electron chi connectivity index (χ0n) is 8.59. The standard InChI is InChI=1S/C11H14O3/c1-4-8-6(2)5-7(3)9(10(8)12)11(13)14/h5,12H,4H2,1-3H3,(H,13,14). The molecule has 0 amide bonds.